The molecule has 0 radical (unpaired) electrons. The smallest absolute Gasteiger partial charge is 0.161 e. The standard InChI is InChI=1S/C15H8N2S3/c16-9-11(10-17)20-8-2-4-14(20)15-12(5-7-19-15)13-3-1-6-18-13/h1-8H. The Morgan fingerprint density at radius 2 is 1.95 bits per heavy atom. The maximum atomic E-state index is 9.10. The normalized spacial score (nSPS) is 16.5. The number of nitrogens with zero attached hydrogens (tertiary/aromatic N) is 2. The van der Waals surface area contributed by atoms with Gasteiger partial charge in [0.05, 0.1) is 0 Å². The molecule has 0 aromatic carbocycles. The highest BCUT2D eigenvalue weighted by molar-refractivity contribution is 8.27. The highest BCUT2D eigenvalue weighted by atomic mass is 32.2. The van der Waals surface area contributed by atoms with E-state index in [0.717, 1.165) is 9.78 Å². The fourth-order valence-electron chi connectivity index (χ4n) is 1.95. The molecule has 1 unspecified atom stereocenters. The van der Waals surface area contributed by atoms with Gasteiger partial charge in [-0.15, -0.1) is 33.2 Å². The first-order chi connectivity index (χ1) is 9.85. The van der Waals surface area contributed by atoms with Crippen LogP contribution in [0.1, 0.15) is 4.88 Å². The lowest BCUT2D eigenvalue weighted by Gasteiger charge is -2.07. The molecule has 1 aliphatic rings. The second kappa shape index (κ2) is 5.60. The van der Waals surface area contributed by atoms with Crippen molar-refractivity contribution in [1.82, 2.24) is 0 Å². The van der Waals surface area contributed by atoms with Crippen molar-refractivity contribution in [2.24, 2.45) is 0 Å². The number of allylic oxidation sites excluding steroid dienone is 2. The van der Waals surface area contributed by atoms with Gasteiger partial charge in [-0.3, -0.25) is 0 Å². The van der Waals surface area contributed by atoms with Crippen LogP contribution in [0.3, 0.4) is 0 Å². The van der Waals surface area contributed by atoms with E-state index in [1.54, 1.807) is 22.7 Å². The molecule has 0 aliphatic carbocycles. The van der Waals surface area contributed by atoms with Gasteiger partial charge in [0.15, 0.2) is 4.86 Å². The zero-order valence-corrected chi connectivity index (χ0v) is 12.7. The summed E-state index contributed by atoms with van der Waals surface area (Å²) in [7, 11) is -0.514. The predicted octanol–water partition coefficient (Wildman–Crippen LogP) is 4.83. The molecule has 2 aromatic heterocycles. The molecule has 1 aliphatic heterocycles. The Morgan fingerprint density at radius 3 is 2.65 bits per heavy atom. The Bertz CT molecular complexity index is 805. The molecular weight excluding hydrogens is 304 g/mol. The van der Waals surface area contributed by atoms with E-state index in [9.17, 15) is 0 Å². The Morgan fingerprint density at radius 1 is 1.10 bits per heavy atom. The van der Waals surface area contributed by atoms with Crippen molar-refractivity contribution >= 4 is 42.9 Å². The second-order valence-corrected chi connectivity index (χ2v) is 7.55. The summed E-state index contributed by atoms with van der Waals surface area (Å²) in [5, 5.41) is 24.2. The molecule has 96 valence electrons. The summed E-state index contributed by atoms with van der Waals surface area (Å²) in [6, 6.07) is 10.3. The first-order valence-electron chi connectivity index (χ1n) is 5.75. The highest BCUT2D eigenvalue weighted by Crippen LogP contribution is 2.47. The summed E-state index contributed by atoms with van der Waals surface area (Å²) >= 11 is 3.36. The Balaban J connectivity index is 2.13. The van der Waals surface area contributed by atoms with Crippen LogP contribution in [0.4, 0.5) is 0 Å². The zero-order valence-electron chi connectivity index (χ0n) is 10.2. The average Bonchev–Trinajstić information content (AvgIpc) is 3.20. The molecule has 0 bridgehead atoms. The van der Waals surface area contributed by atoms with Gasteiger partial charge < -0.3 is 0 Å². The summed E-state index contributed by atoms with van der Waals surface area (Å²) < 4.78 is 0. The van der Waals surface area contributed by atoms with Crippen LogP contribution >= 0.6 is 33.2 Å². The van der Waals surface area contributed by atoms with Crippen molar-refractivity contribution in [3.8, 4) is 22.6 Å². The second-order valence-electron chi connectivity index (χ2n) is 3.89. The maximum absolute atomic E-state index is 9.10. The lowest BCUT2D eigenvalue weighted by atomic mass is 10.2. The Labute approximate surface area is 127 Å². The molecule has 2 aromatic rings. The monoisotopic (exact) mass is 312 g/mol. The lowest BCUT2D eigenvalue weighted by Crippen LogP contribution is -1.89. The molecule has 0 amide bonds. The molecule has 0 fully saturated rings. The van der Waals surface area contributed by atoms with Crippen LogP contribution in [0.15, 0.2) is 46.5 Å². The van der Waals surface area contributed by atoms with Crippen LogP contribution in [0.2, 0.25) is 0 Å². The van der Waals surface area contributed by atoms with Gasteiger partial charge in [0.25, 0.3) is 0 Å². The molecule has 0 spiro atoms. The Hall–Kier alpha value is -1.92. The van der Waals surface area contributed by atoms with E-state index in [-0.39, 0.29) is 4.86 Å². The van der Waals surface area contributed by atoms with Crippen molar-refractivity contribution < 1.29 is 0 Å². The van der Waals surface area contributed by atoms with Crippen molar-refractivity contribution in [3.63, 3.8) is 0 Å². The quantitative estimate of drug-likeness (QED) is 0.745. The van der Waals surface area contributed by atoms with E-state index < -0.39 is 10.5 Å². The molecule has 3 rings (SSSR count). The molecule has 2 nitrogen and oxygen atoms in total. The summed E-state index contributed by atoms with van der Waals surface area (Å²) in [5.41, 5.74) is 1.19. The molecule has 0 saturated heterocycles. The van der Waals surface area contributed by atoms with Crippen molar-refractivity contribution in [1.29, 1.82) is 10.5 Å². The van der Waals surface area contributed by atoms with Crippen LogP contribution in [-0.2, 0) is 0 Å². The minimum Gasteiger partial charge on any atom is -0.191 e. The van der Waals surface area contributed by atoms with Gasteiger partial charge in [0.1, 0.15) is 12.1 Å². The van der Waals surface area contributed by atoms with E-state index in [1.807, 2.05) is 35.8 Å². The van der Waals surface area contributed by atoms with Crippen LogP contribution in [0.25, 0.3) is 15.3 Å². The van der Waals surface area contributed by atoms with Crippen LogP contribution in [0.5, 0.6) is 0 Å². The summed E-state index contributed by atoms with van der Waals surface area (Å²) in [5.74, 6) is 0. The summed E-state index contributed by atoms with van der Waals surface area (Å²) in [4.78, 5) is 3.72. The molecule has 5 heteroatoms. The van der Waals surface area contributed by atoms with Crippen LogP contribution < -0.4 is 0 Å². The van der Waals surface area contributed by atoms with E-state index in [2.05, 4.69) is 22.9 Å². The topological polar surface area (TPSA) is 47.6 Å². The largest absolute Gasteiger partial charge is 0.191 e. The van der Waals surface area contributed by atoms with Gasteiger partial charge in [-0.05, 0) is 34.4 Å². The third kappa shape index (κ3) is 2.17. The van der Waals surface area contributed by atoms with E-state index >= 15 is 0 Å². The average molecular weight is 312 g/mol. The number of rotatable bonds is 2. The molecule has 20 heavy (non-hydrogen) atoms. The van der Waals surface area contributed by atoms with Gasteiger partial charge in [-0.1, -0.05) is 12.1 Å². The van der Waals surface area contributed by atoms with E-state index in [1.165, 1.54) is 10.4 Å². The van der Waals surface area contributed by atoms with Crippen LogP contribution in [0, 0.1) is 22.7 Å². The summed E-state index contributed by atoms with van der Waals surface area (Å²) in [6.45, 7) is 0. The number of hydrogen-bond acceptors (Lipinski definition) is 4. The predicted molar refractivity (Wildman–Crippen MR) is 88.6 cm³/mol. The first-order valence-corrected chi connectivity index (χ1v) is 8.80. The van der Waals surface area contributed by atoms with Crippen molar-refractivity contribution in [2.45, 2.75) is 0 Å². The van der Waals surface area contributed by atoms with E-state index in [0.29, 0.717) is 0 Å². The minimum absolute atomic E-state index is 0.274. The number of hydrogen-bond donors (Lipinski definition) is 0. The van der Waals surface area contributed by atoms with Gasteiger partial charge in [0, 0.05) is 20.2 Å². The molecular formula is C15H8N2S3. The van der Waals surface area contributed by atoms with Crippen molar-refractivity contribution in [2.75, 3.05) is 0 Å². The molecule has 0 N–H and O–H groups in total. The number of nitriles is 2. The summed E-state index contributed by atoms with van der Waals surface area (Å²) in [6.07, 6.45) is 3.95. The fourth-order valence-corrected chi connectivity index (χ4v) is 5.49. The third-order valence-electron chi connectivity index (χ3n) is 2.80. The Kier molecular flexibility index (Phi) is 3.66. The molecule has 1 atom stereocenters. The van der Waals surface area contributed by atoms with E-state index in [4.69, 9.17) is 10.5 Å². The minimum atomic E-state index is -0.514. The lowest BCUT2D eigenvalue weighted by molar-refractivity contribution is 1.54. The zero-order chi connectivity index (χ0) is 13.9. The highest BCUT2D eigenvalue weighted by Gasteiger charge is 2.18. The molecule has 0 saturated carbocycles. The van der Waals surface area contributed by atoms with Crippen LogP contribution in [-0.4, -0.2) is 4.86 Å². The SMILES string of the molecule is N#CC(C#N)=S1C=CC=C1c1sccc1-c1cccs1. The van der Waals surface area contributed by atoms with Crippen molar-refractivity contribution in [3.05, 3.63) is 51.4 Å². The first kappa shape index (κ1) is 13.1. The third-order valence-corrected chi connectivity index (χ3v) is 6.64. The fraction of sp³-hybridized carbons (Fsp3) is 0. The van der Waals surface area contributed by atoms with Gasteiger partial charge in [-0.2, -0.15) is 10.5 Å². The number of thiophene rings is 2. The van der Waals surface area contributed by atoms with Gasteiger partial charge in [-0.25, -0.2) is 0 Å². The van der Waals surface area contributed by atoms with Gasteiger partial charge >= 0.3 is 0 Å². The maximum Gasteiger partial charge on any atom is 0.161 e. The molecule has 3 heterocycles. The van der Waals surface area contributed by atoms with Gasteiger partial charge in [0.2, 0.25) is 0 Å².